The summed E-state index contributed by atoms with van der Waals surface area (Å²) in [7, 11) is 1.44. The Morgan fingerprint density at radius 2 is 1.41 bits per heavy atom. The lowest BCUT2D eigenvalue weighted by Crippen LogP contribution is -2.06. The zero-order chi connectivity index (χ0) is 24.0. The molecule has 3 heteroatoms. The van der Waals surface area contributed by atoms with Crippen molar-refractivity contribution in [3.05, 3.63) is 70.8 Å². The fourth-order valence-electron chi connectivity index (χ4n) is 4.75. The van der Waals surface area contributed by atoms with Gasteiger partial charge in [-0.3, -0.25) is 4.79 Å². The number of rotatable bonds is 8. The first-order valence-electron chi connectivity index (χ1n) is 13.2. The van der Waals surface area contributed by atoms with Gasteiger partial charge in [0.25, 0.3) is 0 Å². The van der Waals surface area contributed by atoms with Crippen molar-refractivity contribution in [2.24, 2.45) is 0 Å². The molecular formula is C31H42O3. The van der Waals surface area contributed by atoms with Crippen LogP contribution in [0.25, 0.3) is 5.57 Å². The minimum atomic E-state index is -0.144. The van der Waals surface area contributed by atoms with Crippen molar-refractivity contribution in [2.45, 2.75) is 90.4 Å². The lowest BCUT2D eigenvalue weighted by Gasteiger charge is -2.19. The third-order valence-corrected chi connectivity index (χ3v) is 6.89. The molecule has 0 spiro atoms. The molecule has 3 nitrogen and oxygen atoms in total. The lowest BCUT2D eigenvalue weighted by molar-refractivity contribution is -0.140. The molecule has 0 unspecified atom stereocenters. The second-order valence-corrected chi connectivity index (χ2v) is 9.64. The van der Waals surface area contributed by atoms with Gasteiger partial charge in [0.15, 0.2) is 0 Å². The zero-order valence-corrected chi connectivity index (χ0v) is 21.2. The summed E-state index contributed by atoms with van der Waals surface area (Å²) in [6.07, 6.45) is 15.0. The molecule has 2 aromatic rings. The smallest absolute Gasteiger partial charge is 0.305 e. The molecule has 184 valence electrons. The van der Waals surface area contributed by atoms with E-state index in [1.807, 2.05) is 0 Å². The molecule has 0 saturated heterocycles. The summed E-state index contributed by atoms with van der Waals surface area (Å²) in [6, 6.07) is 17.4. The molecule has 0 atom stereocenters. The molecular weight excluding hydrogens is 420 g/mol. The van der Waals surface area contributed by atoms with Crippen LogP contribution < -0.4 is 4.74 Å². The quantitative estimate of drug-likeness (QED) is 0.371. The van der Waals surface area contributed by atoms with E-state index in [1.54, 1.807) is 0 Å². The van der Waals surface area contributed by atoms with Crippen molar-refractivity contribution < 1.29 is 14.3 Å². The van der Waals surface area contributed by atoms with Crippen LogP contribution in [0.5, 0.6) is 5.75 Å². The van der Waals surface area contributed by atoms with Crippen molar-refractivity contribution in [2.75, 3.05) is 13.7 Å². The molecule has 0 aliphatic heterocycles. The number of carbonyl (C=O) groups excluding carboxylic acids is 1. The summed E-state index contributed by atoms with van der Waals surface area (Å²) in [5, 5.41) is 0. The van der Waals surface area contributed by atoms with E-state index in [0.717, 1.165) is 31.4 Å². The van der Waals surface area contributed by atoms with E-state index in [1.165, 1.54) is 86.3 Å². The van der Waals surface area contributed by atoms with Gasteiger partial charge in [0, 0.05) is 6.42 Å². The number of ether oxygens (including phenoxy) is 2. The molecule has 0 amide bonds. The fraction of sp³-hybridized carbons (Fsp3) is 0.516. The number of esters is 1. The molecule has 34 heavy (non-hydrogen) atoms. The maximum atomic E-state index is 11.3. The Balaban J connectivity index is 1.70. The van der Waals surface area contributed by atoms with Crippen molar-refractivity contribution >= 4 is 11.5 Å². The monoisotopic (exact) mass is 462 g/mol. The highest BCUT2D eigenvalue weighted by molar-refractivity contribution is 5.69. The zero-order valence-electron chi connectivity index (χ0n) is 21.2. The summed E-state index contributed by atoms with van der Waals surface area (Å²) < 4.78 is 11.1. The third-order valence-electron chi connectivity index (χ3n) is 6.89. The first-order valence-corrected chi connectivity index (χ1v) is 13.2. The molecule has 0 bridgehead atoms. The van der Waals surface area contributed by atoms with Gasteiger partial charge in [0.1, 0.15) is 12.4 Å². The average Bonchev–Trinajstić information content (AvgIpc) is 2.85. The Kier molecular flexibility index (Phi) is 11.2. The van der Waals surface area contributed by atoms with Crippen molar-refractivity contribution in [1.29, 1.82) is 0 Å². The molecule has 2 aromatic carbocycles. The number of hydrogen-bond donors (Lipinski definition) is 0. The maximum absolute atomic E-state index is 11.3. The largest absolute Gasteiger partial charge is 0.489 e. The van der Waals surface area contributed by atoms with Crippen molar-refractivity contribution in [1.82, 2.24) is 0 Å². The molecule has 0 saturated carbocycles. The number of allylic oxidation sites excluding steroid dienone is 1. The van der Waals surface area contributed by atoms with Gasteiger partial charge in [0.2, 0.25) is 0 Å². The number of aryl methyl sites for hydroxylation is 2. The van der Waals surface area contributed by atoms with E-state index in [2.05, 4.69) is 55.5 Å². The van der Waals surface area contributed by atoms with E-state index in [9.17, 15) is 4.79 Å². The first-order chi connectivity index (χ1) is 16.7. The predicted octanol–water partition coefficient (Wildman–Crippen LogP) is 8.24. The highest BCUT2D eigenvalue weighted by atomic mass is 16.5. The van der Waals surface area contributed by atoms with Crippen molar-refractivity contribution in [3.63, 3.8) is 0 Å². The Labute approximate surface area is 206 Å². The molecule has 0 radical (unpaired) electrons. The van der Waals surface area contributed by atoms with Gasteiger partial charge in [-0.05, 0) is 79.9 Å². The number of hydrogen-bond acceptors (Lipinski definition) is 3. The molecule has 1 aliphatic carbocycles. The summed E-state index contributed by atoms with van der Waals surface area (Å²) in [5.41, 5.74) is 6.86. The predicted molar refractivity (Wildman–Crippen MR) is 141 cm³/mol. The Morgan fingerprint density at radius 1 is 0.794 bits per heavy atom. The molecule has 0 aromatic heterocycles. The van der Waals surface area contributed by atoms with Gasteiger partial charge < -0.3 is 9.47 Å². The first kappa shape index (κ1) is 26.1. The van der Waals surface area contributed by atoms with Crippen LogP contribution in [0.2, 0.25) is 0 Å². The van der Waals surface area contributed by atoms with Gasteiger partial charge >= 0.3 is 5.97 Å². The summed E-state index contributed by atoms with van der Waals surface area (Å²) >= 11 is 0. The minimum Gasteiger partial charge on any atom is -0.489 e. The van der Waals surface area contributed by atoms with Crippen LogP contribution in [0.1, 0.15) is 93.7 Å². The van der Waals surface area contributed by atoms with Crippen molar-refractivity contribution in [3.8, 4) is 5.75 Å². The standard InChI is InChI=1S/C31H42O3/c1-25-16-20-27(21-17-25)30-14-10-8-6-4-3-5-7-9-13-28(30)24-34-29-22-18-26(19-23-29)12-11-15-31(32)33-2/h16-23H,3-15,24H2,1-2H3. The summed E-state index contributed by atoms with van der Waals surface area (Å²) in [6.45, 7) is 2.81. The maximum Gasteiger partial charge on any atom is 0.305 e. The molecule has 1 aliphatic rings. The molecule has 3 rings (SSSR count). The van der Waals surface area contributed by atoms with Crippen LogP contribution in [0, 0.1) is 6.92 Å². The summed E-state index contributed by atoms with van der Waals surface area (Å²) in [5.74, 6) is 0.772. The molecule has 0 fully saturated rings. The van der Waals surface area contributed by atoms with E-state index >= 15 is 0 Å². The fourth-order valence-corrected chi connectivity index (χ4v) is 4.75. The van der Waals surface area contributed by atoms with E-state index < -0.39 is 0 Å². The van der Waals surface area contributed by atoms with Gasteiger partial charge in [-0.2, -0.15) is 0 Å². The Morgan fingerprint density at radius 3 is 2.06 bits per heavy atom. The second kappa shape index (κ2) is 14.7. The number of carbonyl (C=O) groups is 1. The Bertz CT molecular complexity index is 893. The van der Waals surface area contributed by atoms with Crippen LogP contribution >= 0.6 is 0 Å². The van der Waals surface area contributed by atoms with Crippen LogP contribution in [-0.2, 0) is 16.0 Å². The topological polar surface area (TPSA) is 35.5 Å². The van der Waals surface area contributed by atoms with Crippen LogP contribution in [-0.4, -0.2) is 19.7 Å². The van der Waals surface area contributed by atoms with Gasteiger partial charge in [-0.1, -0.05) is 80.5 Å². The van der Waals surface area contributed by atoms with Crippen LogP contribution in [0.4, 0.5) is 0 Å². The van der Waals surface area contributed by atoms with E-state index in [4.69, 9.17) is 9.47 Å². The second-order valence-electron chi connectivity index (χ2n) is 9.64. The minimum absolute atomic E-state index is 0.144. The molecule has 0 heterocycles. The normalized spacial score (nSPS) is 15.8. The third kappa shape index (κ3) is 9.00. The Hall–Kier alpha value is -2.55. The summed E-state index contributed by atoms with van der Waals surface area (Å²) in [4.78, 5) is 11.3. The average molecular weight is 463 g/mol. The highest BCUT2D eigenvalue weighted by Gasteiger charge is 2.12. The van der Waals surface area contributed by atoms with Crippen LogP contribution in [0.3, 0.4) is 0 Å². The SMILES string of the molecule is COC(=O)CCCc1ccc(OCC2=C(c3ccc(C)cc3)CCCCCCCCCC2)cc1. The van der Waals surface area contributed by atoms with E-state index in [-0.39, 0.29) is 5.97 Å². The van der Waals surface area contributed by atoms with Gasteiger partial charge in [-0.15, -0.1) is 0 Å². The van der Waals surface area contributed by atoms with Crippen LogP contribution in [0.15, 0.2) is 54.1 Å². The van der Waals surface area contributed by atoms with E-state index in [0.29, 0.717) is 13.0 Å². The van der Waals surface area contributed by atoms with Gasteiger partial charge in [0.05, 0.1) is 7.11 Å². The molecule has 0 N–H and O–H groups in total. The highest BCUT2D eigenvalue weighted by Crippen LogP contribution is 2.30. The lowest BCUT2D eigenvalue weighted by atomic mass is 9.90. The number of benzene rings is 2. The van der Waals surface area contributed by atoms with Gasteiger partial charge in [-0.25, -0.2) is 0 Å². The number of methoxy groups -OCH3 is 1.